The van der Waals surface area contributed by atoms with E-state index in [1.54, 1.807) is 12.1 Å². The van der Waals surface area contributed by atoms with Crippen LogP contribution in [0.15, 0.2) is 24.3 Å². The number of carbonyl (C=O) groups excluding carboxylic acids is 2. The second-order valence-corrected chi connectivity index (χ2v) is 4.10. The Hall–Kier alpha value is -2.57. The number of rotatable bonds is 6. The van der Waals surface area contributed by atoms with E-state index in [9.17, 15) is 14.4 Å². The summed E-state index contributed by atoms with van der Waals surface area (Å²) < 4.78 is 4.42. The maximum absolute atomic E-state index is 11.9. The van der Waals surface area contributed by atoms with Crippen LogP contribution in [-0.4, -0.2) is 36.1 Å². The number of hydrogen-bond acceptors (Lipinski definition) is 5. The van der Waals surface area contributed by atoms with Crippen molar-refractivity contribution in [3.8, 4) is 0 Å². The molecule has 0 aliphatic carbocycles. The van der Waals surface area contributed by atoms with Gasteiger partial charge in [-0.1, -0.05) is 6.07 Å². The zero-order chi connectivity index (χ0) is 15.1. The molecular weight excluding hydrogens is 264 g/mol. The average Bonchev–Trinajstić information content (AvgIpc) is 2.42. The van der Waals surface area contributed by atoms with Crippen LogP contribution < -0.4 is 11.1 Å². The maximum atomic E-state index is 11.9. The first kappa shape index (κ1) is 15.5. The maximum Gasteiger partial charge on any atom is 0.326 e. The first-order chi connectivity index (χ1) is 9.43. The summed E-state index contributed by atoms with van der Waals surface area (Å²) in [7, 11) is 1.21. The topological polar surface area (TPSA) is 119 Å². The molecule has 0 unspecified atom stereocenters. The minimum absolute atomic E-state index is 0.0456. The lowest BCUT2D eigenvalue weighted by Crippen LogP contribution is -2.41. The van der Waals surface area contributed by atoms with Gasteiger partial charge in [-0.25, -0.2) is 4.79 Å². The van der Waals surface area contributed by atoms with Crippen molar-refractivity contribution < 1.29 is 24.2 Å². The largest absolute Gasteiger partial charge is 0.480 e. The van der Waals surface area contributed by atoms with Crippen molar-refractivity contribution in [3.05, 3.63) is 29.8 Å². The van der Waals surface area contributed by atoms with E-state index in [0.717, 1.165) is 0 Å². The summed E-state index contributed by atoms with van der Waals surface area (Å²) in [4.78, 5) is 33.9. The summed E-state index contributed by atoms with van der Waals surface area (Å²) >= 11 is 0. The van der Waals surface area contributed by atoms with Crippen molar-refractivity contribution in [2.45, 2.75) is 18.9 Å². The molecule has 4 N–H and O–H groups in total. The summed E-state index contributed by atoms with van der Waals surface area (Å²) in [5.41, 5.74) is 6.21. The Morgan fingerprint density at radius 3 is 2.65 bits per heavy atom. The van der Waals surface area contributed by atoms with Crippen LogP contribution in [-0.2, 0) is 14.3 Å². The SMILES string of the molecule is COC(=O)CC[C@H](NC(=O)c1cccc(N)c1)C(=O)O. The van der Waals surface area contributed by atoms with Crippen LogP contribution in [0.2, 0.25) is 0 Å². The zero-order valence-corrected chi connectivity index (χ0v) is 11.0. The van der Waals surface area contributed by atoms with E-state index in [1.807, 2.05) is 0 Å². The van der Waals surface area contributed by atoms with Gasteiger partial charge in [0.1, 0.15) is 6.04 Å². The summed E-state index contributed by atoms with van der Waals surface area (Å²) in [5, 5.41) is 11.4. The summed E-state index contributed by atoms with van der Waals surface area (Å²) in [5.74, 6) is -2.31. The van der Waals surface area contributed by atoms with Gasteiger partial charge >= 0.3 is 11.9 Å². The van der Waals surface area contributed by atoms with E-state index < -0.39 is 23.9 Å². The molecule has 0 radical (unpaired) electrons. The van der Waals surface area contributed by atoms with Crippen LogP contribution in [0.4, 0.5) is 5.69 Å². The number of nitrogens with one attached hydrogen (secondary N) is 1. The first-order valence-corrected chi connectivity index (χ1v) is 5.90. The van der Waals surface area contributed by atoms with E-state index >= 15 is 0 Å². The third-order valence-corrected chi connectivity index (χ3v) is 2.62. The number of carboxylic acids is 1. The molecule has 0 aromatic heterocycles. The number of amides is 1. The molecule has 0 aliphatic heterocycles. The Kier molecular flexibility index (Phi) is 5.52. The predicted molar refractivity (Wildman–Crippen MR) is 71.0 cm³/mol. The van der Waals surface area contributed by atoms with E-state index in [1.165, 1.54) is 19.2 Å². The number of carboxylic acid groups (broad SMARTS) is 1. The minimum atomic E-state index is -1.22. The van der Waals surface area contributed by atoms with E-state index in [4.69, 9.17) is 10.8 Å². The van der Waals surface area contributed by atoms with Crippen molar-refractivity contribution in [3.63, 3.8) is 0 Å². The molecule has 1 amide bonds. The molecule has 0 spiro atoms. The van der Waals surface area contributed by atoms with Gasteiger partial charge in [-0.05, 0) is 24.6 Å². The predicted octanol–water partition coefficient (Wildman–Crippen LogP) is 0.405. The second kappa shape index (κ2) is 7.13. The molecule has 0 saturated heterocycles. The van der Waals surface area contributed by atoms with Crippen molar-refractivity contribution in [2.75, 3.05) is 12.8 Å². The fourth-order valence-electron chi connectivity index (χ4n) is 1.54. The highest BCUT2D eigenvalue weighted by atomic mass is 16.5. The molecule has 1 rings (SSSR count). The highest BCUT2D eigenvalue weighted by molar-refractivity contribution is 5.97. The highest BCUT2D eigenvalue weighted by Gasteiger charge is 2.21. The zero-order valence-electron chi connectivity index (χ0n) is 11.0. The van der Waals surface area contributed by atoms with Gasteiger partial charge in [-0.3, -0.25) is 9.59 Å². The standard InChI is InChI=1S/C13H16N2O5/c1-20-11(16)6-5-10(13(18)19)15-12(17)8-3-2-4-9(14)7-8/h2-4,7,10H,5-6,14H2,1H3,(H,15,17)(H,18,19)/t10-/m0/s1. The molecule has 108 valence electrons. The number of aliphatic carboxylic acids is 1. The van der Waals surface area contributed by atoms with E-state index in [-0.39, 0.29) is 18.4 Å². The van der Waals surface area contributed by atoms with Crippen LogP contribution in [0.25, 0.3) is 0 Å². The molecule has 7 nitrogen and oxygen atoms in total. The van der Waals surface area contributed by atoms with Crippen LogP contribution >= 0.6 is 0 Å². The van der Waals surface area contributed by atoms with Gasteiger partial charge in [-0.15, -0.1) is 0 Å². The average molecular weight is 280 g/mol. The normalized spacial score (nSPS) is 11.4. The summed E-state index contributed by atoms with van der Waals surface area (Å²) in [6, 6.07) is 5.00. The van der Waals surface area contributed by atoms with Crippen molar-refractivity contribution >= 4 is 23.5 Å². The molecule has 0 bridgehead atoms. The molecule has 7 heteroatoms. The Labute approximate surface area is 115 Å². The smallest absolute Gasteiger partial charge is 0.326 e. The Bertz CT molecular complexity index is 515. The van der Waals surface area contributed by atoms with Crippen molar-refractivity contribution in [1.29, 1.82) is 0 Å². The molecule has 1 atom stereocenters. The van der Waals surface area contributed by atoms with Crippen LogP contribution in [0.1, 0.15) is 23.2 Å². The summed E-state index contributed by atoms with van der Waals surface area (Å²) in [6.45, 7) is 0. The first-order valence-electron chi connectivity index (χ1n) is 5.90. The molecule has 1 aromatic rings. The third kappa shape index (κ3) is 4.60. The number of esters is 1. The van der Waals surface area contributed by atoms with Crippen LogP contribution in [0.5, 0.6) is 0 Å². The Balaban J connectivity index is 2.68. The van der Waals surface area contributed by atoms with Gasteiger partial charge in [0.25, 0.3) is 5.91 Å². The van der Waals surface area contributed by atoms with Gasteiger partial charge in [0.15, 0.2) is 0 Å². The Morgan fingerprint density at radius 1 is 1.40 bits per heavy atom. The van der Waals surface area contributed by atoms with Gasteiger partial charge < -0.3 is 20.9 Å². The van der Waals surface area contributed by atoms with Crippen molar-refractivity contribution in [1.82, 2.24) is 5.32 Å². The van der Waals surface area contributed by atoms with Gasteiger partial charge in [-0.2, -0.15) is 0 Å². The number of anilines is 1. The number of benzene rings is 1. The highest BCUT2D eigenvalue weighted by Crippen LogP contribution is 2.08. The fraction of sp³-hybridized carbons (Fsp3) is 0.308. The van der Waals surface area contributed by atoms with E-state index in [2.05, 4.69) is 10.1 Å². The van der Waals surface area contributed by atoms with Crippen LogP contribution in [0.3, 0.4) is 0 Å². The number of nitrogen functional groups attached to an aromatic ring is 1. The van der Waals surface area contributed by atoms with Gasteiger partial charge in [0.05, 0.1) is 7.11 Å². The summed E-state index contributed by atoms with van der Waals surface area (Å²) in [6.07, 6.45) is -0.138. The minimum Gasteiger partial charge on any atom is -0.480 e. The number of ether oxygens (including phenoxy) is 1. The molecule has 1 aromatic carbocycles. The number of hydrogen-bond donors (Lipinski definition) is 3. The molecule has 0 aliphatic rings. The molecular formula is C13H16N2O5. The molecule has 0 saturated carbocycles. The number of carbonyl (C=O) groups is 3. The van der Waals surface area contributed by atoms with Crippen molar-refractivity contribution in [2.24, 2.45) is 0 Å². The quantitative estimate of drug-likeness (QED) is 0.513. The Morgan fingerprint density at radius 2 is 2.10 bits per heavy atom. The molecule has 0 heterocycles. The van der Waals surface area contributed by atoms with Gasteiger partial charge in [0.2, 0.25) is 0 Å². The number of methoxy groups -OCH3 is 1. The number of nitrogens with two attached hydrogens (primary N) is 1. The lowest BCUT2D eigenvalue weighted by atomic mass is 10.1. The fourth-order valence-corrected chi connectivity index (χ4v) is 1.54. The molecule has 0 fully saturated rings. The van der Waals surface area contributed by atoms with Gasteiger partial charge in [0, 0.05) is 17.7 Å². The lowest BCUT2D eigenvalue weighted by molar-refractivity contribution is -0.142. The third-order valence-electron chi connectivity index (χ3n) is 2.62. The second-order valence-electron chi connectivity index (χ2n) is 4.10. The monoisotopic (exact) mass is 280 g/mol. The van der Waals surface area contributed by atoms with Crippen LogP contribution in [0, 0.1) is 0 Å². The van der Waals surface area contributed by atoms with E-state index in [0.29, 0.717) is 5.69 Å². The molecule has 20 heavy (non-hydrogen) atoms. The lowest BCUT2D eigenvalue weighted by Gasteiger charge is -2.14.